The monoisotopic (exact) mass is 382 g/mol. The van der Waals surface area contributed by atoms with Crippen molar-refractivity contribution < 1.29 is 19.1 Å². The molecule has 0 spiro atoms. The van der Waals surface area contributed by atoms with Crippen LogP contribution in [0.3, 0.4) is 0 Å². The lowest BCUT2D eigenvalue weighted by Gasteiger charge is -2.11. The van der Waals surface area contributed by atoms with Crippen LogP contribution in [-0.2, 0) is 22.6 Å². The quantitative estimate of drug-likeness (QED) is 0.697. The number of rotatable bonds is 9. The first-order chi connectivity index (χ1) is 12.0. The molecule has 0 saturated heterocycles. The van der Waals surface area contributed by atoms with Gasteiger partial charge in [-0.2, -0.15) is 0 Å². The molecular formula is C17H19ClN2O4S. The minimum absolute atomic E-state index is 0.0439. The van der Waals surface area contributed by atoms with Crippen LogP contribution in [0.2, 0.25) is 4.34 Å². The number of halogens is 1. The molecule has 0 aliphatic heterocycles. The summed E-state index contributed by atoms with van der Waals surface area (Å²) < 4.78 is 11.2. The summed E-state index contributed by atoms with van der Waals surface area (Å²) in [5, 5.41) is 2.86. The number of thiophene rings is 1. The Kier molecular flexibility index (Phi) is 7.09. The lowest BCUT2D eigenvalue weighted by atomic mass is 10.2. The molecule has 8 heteroatoms. The third kappa shape index (κ3) is 6.28. The van der Waals surface area contributed by atoms with Gasteiger partial charge in [0.25, 0.3) is 5.91 Å². The van der Waals surface area contributed by atoms with Crippen molar-refractivity contribution in [1.82, 2.24) is 5.32 Å². The van der Waals surface area contributed by atoms with E-state index in [-0.39, 0.29) is 12.5 Å². The van der Waals surface area contributed by atoms with Gasteiger partial charge in [0.1, 0.15) is 0 Å². The van der Waals surface area contributed by atoms with Crippen molar-refractivity contribution in [1.29, 1.82) is 0 Å². The third-order valence-corrected chi connectivity index (χ3v) is 4.61. The lowest BCUT2D eigenvalue weighted by Crippen LogP contribution is -2.23. The summed E-state index contributed by atoms with van der Waals surface area (Å²) in [6.07, 6.45) is 1.06. The molecule has 134 valence electrons. The predicted molar refractivity (Wildman–Crippen MR) is 97.2 cm³/mol. The number of hydrogen-bond donors (Lipinski definition) is 2. The molecule has 2 aromatic rings. The van der Waals surface area contributed by atoms with E-state index < -0.39 is 5.91 Å². The number of hydrogen-bond acceptors (Lipinski definition) is 5. The molecular weight excluding hydrogens is 364 g/mol. The van der Waals surface area contributed by atoms with Gasteiger partial charge in [-0.1, -0.05) is 17.7 Å². The second-order valence-electron chi connectivity index (χ2n) is 5.22. The first-order valence-corrected chi connectivity index (χ1v) is 8.76. The van der Waals surface area contributed by atoms with Crippen LogP contribution in [0.5, 0.6) is 11.5 Å². The van der Waals surface area contributed by atoms with Gasteiger partial charge in [-0.3, -0.25) is 9.59 Å². The smallest absolute Gasteiger partial charge is 0.255 e. The van der Waals surface area contributed by atoms with Gasteiger partial charge in [-0.25, -0.2) is 0 Å². The maximum absolute atomic E-state index is 11.9. The summed E-state index contributed by atoms with van der Waals surface area (Å²) in [6, 6.07) is 8.97. The zero-order valence-corrected chi connectivity index (χ0v) is 15.3. The Hall–Kier alpha value is -2.25. The summed E-state index contributed by atoms with van der Waals surface area (Å²) in [6.45, 7) is 0.148. The molecule has 2 rings (SSSR count). The van der Waals surface area contributed by atoms with Crippen molar-refractivity contribution in [3.8, 4) is 11.5 Å². The molecule has 0 unspecified atom stereocenters. The van der Waals surface area contributed by atoms with Gasteiger partial charge in [-0.05, 0) is 36.2 Å². The van der Waals surface area contributed by atoms with E-state index >= 15 is 0 Å². The number of methoxy groups -OCH3 is 1. The van der Waals surface area contributed by atoms with Gasteiger partial charge in [0.2, 0.25) is 5.91 Å². The molecule has 1 aromatic heterocycles. The molecule has 3 N–H and O–H groups in total. The van der Waals surface area contributed by atoms with Gasteiger partial charge in [-0.15, -0.1) is 11.3 Å². The van der Waals surface area contributed by atoms with E-state index in [0.29, 0.717) is 30.9 Å². The second-order valence-corrected chi connectivity index (χ2v) is 7.02. The molecule has 0 aliphatic carbocycles. The SMILES string of the molecule is COc1cc(CNC(=O)CCc2ccc(Cl)s2)ccc1OCC(N)=O. The average molecular weight is 383 g/mol. The van der Waals surface area contributed by atoms with Crippen LogP contribution < -0.4 is 20.5 Å². The van der Waals surface area contributed by atoms with Gasteiger partial charge in [0, 0.05) is 17.8 Å². The van der Waals surface area contributed by atoms with Crippen molar-refractivity contribution >= 4 is 34.8 Å². The topological polar surface area (TPSA) is 90.7 Å². The fourth-order valence-corrected chi connectivity index (χ4v) is 3.19. The zero-order chi connectivity index (χ0) is 18.2. The molecule has 0 atom stereocenters. The molecule has 0 fully saturated rings. The van der Waals surface area contributed by atoms with Crippen molar-refractivity contribution in [3.63, 3.8) is 0 Å². The number of benzene rings is 1. The molecule has 0 saturated carbocycles. The Bertz CT molecular complexity index is 748. The fraction of sp³-hybridized carbons (Fsp3) is 0.294. The third-order valence-electron chi connectivity index (χ3n) is 3.31. The summed E-state index contributed by atoms with van der Waals surface area (Å²) in [7, 11) is 1.50. The summed E-state index contributed by atoms with van der Waals surface area (Å²) in [5.41, 5.74) is 5.91. The van der Waals surface area contributed by atoms with Gasteiger partial charge < -0.3 is 20.5 Å². The molecule has 0 bridgehead atoms. The van der Waals surface area contributed by atoms with Gasteiger partial charge in [0.15, 0.2) is 18.1 Å². The van der Waals surface area contributed by atoms with Gasteiger partial charge in [0.05, 0.1) is 11.4 Å². The van der Waals surface area contributed by atoms with E-state index in [1.165, 1.54) is 18.4 Å². The fourth-order valence-electron chi connectivity index (χ4n) is 2.10. The van der Waals surface area contributed by atoms with E-state index in [4.69, 9.17) is 26.8 Å². The molecule has 0 radical (unpaired) electrons. The highest BCUT2D eigenvalue weighted by atomic mass is 35.5. The summed E-state index contributed by atoms with van der Waals surface area (Å²) >= 11 is 7.35. The number of primary amides is 1. The number of carbonyl (C=O) groups is 2. The average Bonchev–Trinajstić information content (AvgIpc) is 3.01. The van der Waals surface area contributed by atoms with Crippen LogP contribution >= 0.6 is 22.9 Å². The molecule has 25 heavy (non-hydrogen) atoms. The van der Waals surface area contributed by atoms with E-state index in [1.54, 1.807) is 18.2 Å². The van der Waals surface area contributed by atoms with Gasteiger partial charge >= 0.3 is 0 Å². The summed E-state index contributed by atoms with van der Waals surface area (Å²) in [5.74, 6) is 0.287. The van der Waals surface area contributed by atoms with Crippen molar-refractivity contribution in [2.24, 2.45) is 5.73 Å². The minimum Gasteiger partial charge on any atom is -0.493 e. The number of nitrogens with two attached hydrogens (primary N) is 1. The second kappa shape index (κ2) is 9.29. The molecule has 0 aliphatic rings. The minimum atomic E-state index is -0.564. The van der Waals surface area contributed by atoms with Crippen molar-refractivity contribution in [2.75, 3.05) is 13.7 Å². The Morgan fingerprint density at radius 1 is 1.24 bits per heavy atom. The zero-order valence-electron chi connectivity index (χ0n) is 13.7. The molecule has 1 heterocycles. The van der Waals surface area contributed by atoms with Crippen molar-refractivity contribution in [2.45, 2.75) is 19.4 Å². The molecule has 2 amide bonds. The first-order valence-electron chi connectivity index (χ1n) is 7.57. The largest absolute Gasteiger partial charge is 0.493 e. The normalized spacial score (nSPS) is 10.3. The van der Waals surface area contributed by atoms with Crippen LogP contribution in [0.4, 0.5) is 0 Å². The Morgan fingerprint density at radius 3 is 2.68 bits per heavy atom. The maximum Gasteiger partial charge on any atom is 0.255 e. The van der Waals surface area contributed by atoms with E-state index in [2.05, 4.69) is 5.32 Å². The van der Waals surface area contributed by atoms with E-state index in [0.717, 1.165) is 14.8 Å². The van der Waals surface area contributed by atoms with E-state index in [1.807, 2.05) is 12.1 Å². The number of carbonyl (C=O) groups excluding carboxylic acids is 2. The predicted octanol–water partition coefficient (Wildman–Crippen LogP) is 2.52. The molecule has 1 aromatic carbocycles. The number of ether oxygens (including phenoxy) is 2. The standard InChI is InChI=1S/C17H19ClN2O4S/c1-23-14-8-11(2-5-13(14)24-10-16(19)21)9-20-17(22)7-4-12-3-6-15(18)25-12/h2-3,5-6,8H,4,7,9-10H2,1H3,(H2,19,21)(H,20,22). The van der Waals surface area contributed by atoms with Crippen molar-refractivity contribution in [3.05, 3.63) is 45.1 Å². The lowest BCUT2D eigenvalue weighted by molar-refractivity contribution is -0.121. The van der Waals surface area contributed by atoms with Crippen LogP contribution in [0.25, 0.3) is 0 Å². The van der Waals surface area contributed by atoms with Crippen LogP contribution in [0, 0.1) is 0 Å². The summed E-state index contributed by atoms with van der Waals surface area (Å²) in [4.78, 5) is 23.8. The number of aryl methyl sites for hydroxylation is 1. The molecule has 6 nitrogen and oxygen atoms in total. The van der Waals surface area contributed by atoms with Crippen LogP contribution in [-0.4, -0.2) is 25.5 Å². The number of nitrogens with one attached hydrogen (secondary N) is 1. The Balaban J connectivity index is 1.84. The highest BCUT2D eigenvalue weighted by Gasteiger charge is 2.09. The maximum atomic E-state index is 11.9. The first kappa shape index (κ1) is 19.1. The Morgan fingerprint density at radius 2 is 2.04 bits per heavy atom. The Labute approximate surface area is 154 Å². The van der Waals surface area contributed by atoms with Crippen LogP contribution in [0.1, 0.15) is 16.9 Å². The van der Waals surface area contributed by atoms with E-state index in [9.17, 15) is 9.59 Å². The highest BCUT2D eigenvalue weighted by Crippen LogP contribution is 2.28. The highest BCUT2D eigenvalue weighted by molar-refractivity contribution is 7.16. The number of amides is 2. The van der Waals surface area contributed by atoms with Crippen LogP contribution in [0.15, 0.2) is 30.3 Å².